The van der Waals surface area contributed by atoms with Crippen LogP contribution in [0.15, 0.2) is 78.9 Å². The molecule has 0 saturated carbocycles. The van der Waals surface area contributed by atoms with Crippen LogP contribution in [0.5, 0.6) is 11.5 Å². The Hall–Kier alpha value is -3.07. The van der Waals surface area contributed by atoms with E-state index < -0.39 is 0 Å². The fraction of sp³-hybridized carbons (Fsp3) is 0.136. The van der Waals surface area contributed by atoms with Crippen molar-refractivity contribution in [3.63, 3.8) is 0 Å². The van der Waals surface area contributed by atoms with Gasteiger partial charge in [-0.1, -0.05) is 49.4 Å². The monoisotopic (exact) mass is 328 g/mol. The quantitative estimate of drug-likeness (QED) is 0.488. The van der Waals surface area contributed by atoms with E-state index in [4.69, 9.17) is 9.72 Å². The van der Waals surface area contributed by atoms with Crippen molar-refractivity contribution < 1.29 is 4.74 Å². The second-order valence-electron chi connectivity index (χ2n) is 6.02. The van der Waals surface area contributed by atoms with E-state index >= 15 is 0 Å². The molecule has 1 heterocycles. The molecule has 0 radical (unpaired) electrons. The van der Waals surface area contributed by atoms with E-state index in [2.05, 4.69) is 41.8 Å². The second-order valence-corrected chi connectivity index (χ2v) is 6.02. The van der Waals surface area contributed by atoms with Gasteiger partial charge in [0.25, 0.3) is 0 Å². The van der Waals surface area contributed by atoms with E-state index in [1.54, 1.807) is 0 Å². The zero-order valence-corrected chi connectivity index (χ0v) is 14.2. The molecule has 4 rings (SSSR count). The van der Waals surface area contributed by atoms with Gasteiger partial charge in [-0.25, -0.2) is 4.98 Å². The number of hydrogen-bond acceptors (Lipinski definition) is 2. The highest BCUT2D eigenvalue weighted by molar-refractivity contribution is 5.76. The minimum Gasteiger partial charge on any atom is -0.457 e. The van der Waals surface area contributed by atoms with E-state index in [1.165, 1.54) is 11.1 Å². The molecule has 0 bridgehead atoms. The van der Waals surface area contributed by atoms with Crippen LogP contribution in [0.1, 0.15) is 18.3 Å². The van der Waals surface area contributed by atoms with Crippen molar-refractivity contribution in [2.75, 3.05) is 0 Å². The van der Waals surface area contributed by atoms with Crippen LogP contribution in [0.4, 0.5) is 0 Å². The third-order valence-electron chi connectivity index (χ3n) is 4.29. The maximum Gasteiger partial charge on any atom is 0.127 e. The second kappa shape index (κ2) is 6.81. The van der Waals surface area contributed by atoms with Crippen LogP contribution < -0.4 is 4.74 Å². The van der Waals surface area contributed by atoms with Gasteiger partial charge in [0.2, 0.25) is 0 Å². The number of para-hydroxylation sites is 3. The number of fused-ring (bicyclic) bond motifs is 1. The molecule has 0 N–H and O–H groups in total. The summed E-state index contributed by atoms with van der Waals surface area (Å²) in [6, 6.07) is 26.4. The Morgan fingerprint density at radius 1 is 0.800 bits per heavy atom. The third kappa shape index (κ3) is 3.26. The number of aryl methyl sites for hydroxylation is 1. The van der Waals surface area contributed by atoms with Crippen LogP contribution in [0, 0.1) is 0 Å². The van der Waals surface area contributed by atoms with Crippen molar-refractivity contribution in [2.24, 2.45) is 0 Å². The highest BCUT2D eigenvalue weighted by Crippen LogP contribution is 2.23. The Morgan fingerprint density at radius 2 is 1.48 bits per heavy atom. The lowest BCUT2D eigenvalue weighted by molar-refractivity contribution is 0.482. The first kappa shape index (κ1) is 15.5. The summed E-state index contributed by atoms with van der Waals surface area (Å²) in [5, 5.41) is 0. The first-order valence-corrected chi connectivity index (χ1v) is 8.59. The summed E-state index contributed by atoms with van der Waals surface area (Å²) in [5.41, 5.74) is 3.48. The van der Waals surface area contributed by atoms with Gasteiger partial charge < -0.3 is 9.30 Å². The first-order valence-electron chi connectivity index (χ1n) is 8.59. The van der Waals surface area contributed by atoms with Gasteiger partial charge >= 0.3 is 0 Å². The van der Waals surface area contributed by atoms with Crippen molar-refractivity contribution in [3.05, 3.63) is 90.3 Å². The van der Waals surface area contributed by atoms with Gasteiger partial charge in [0, 0.05) is 13.0 Å². The zero-order chi connectivity index (χ0) is 17.1. The Balaban J connectivity index is 1.57. The highest BCUT2D eigenvalue weighted by atomic mass is 16.5. The van der Waals surface area contributed by atoms with Crippen molar-refractivity contribution in [1.82, 2.24) is 9.55 Å². The average molecular weight is 328 g/mol. The van der Waals surface area contributed by atoms with Gasteiger partial charge in [0.1, 0.15) is 17.3 Å². The van der Waals surface area contributed by atoms with Crippen molar-refractivity contribution in [2.45, 2.75) is 19.9 Å². The summed E-state index contributed by atoms with van der Waals surface area (Å²) in [6.45, 7) is 2.96. The maximum atomic E-state index is 5.86. The molecule has 0 spiro atoms. The maximum absolute atomic E-state index is 5.86. The standard InChI is InChI=1S/C22H20N2O/c1-2-22-23-20-10-6-7-11-21(20)24(22)16-17-12-14-19(15-13-17)25-18-8-4-3-5-9-18/h3-15H,2,16H2,1H3. The number of nitrogens with zero attached hydrogens (tertiary/aromatic N) is 2. The van der Waals surface area contributed by atoms with E-state index in [-0.39, 0.29) is 0 Å². The van der Waals surface area contributed by atoms with Crippen LogP contribution in [-0.4, -0.2) is 9.55 Å². The lowest BCUT2D eigenvalue weighted by Crippen LogP contribution is -2.04. The van der Waals surface area contributed by atoms with Crippen molar-refractivity contribution >= 4 is 11.0 Å². The third-order valence-corrected chi connectivity index (χ3v) is 4.29. The molecule has 3 aromatic carbocycles. The Morgan fingerprint density at radius 3 is 2.24 bits per heavy atom. The number of hydrogen-bond donors (Lipinski definition) is 0. The zero-order valence-electron chi connectivity index (χ0n) is 14.2. The predicted octanol–water partition coefficient (Wildman–Crippen LogP) is 5.44. The molecule has 4 aromatic rings. The van der Waals surface area contributed by atoms with E-state index in [1.807, 2.05) is 48.5 Å². The van der Waals surface area contributed by atoms with Crippen LogP contribution in [0.25, 0.3) is 11.0 Å². The molecule has 0 aliphatic carbocycles. The van der Waals surface area contributed by atoms with Gasteiger partial charge in [-0.05, 0) is 42.0 Å². The van der Waals surface area contributed by atoms with Crippen molar-refractivity contribution in [3.8, 4) is 11.5 Å². The largest absolute Gasteiger partial charge is 0.457 e. The van der Waals surface area contributed by atoms with Gasteiger partial charge in [-0.15, -0.1) is 0 Å². The summed E-state index contributed by atoms with van der Waals surface area (Å²) >= 11 is 0. The topological polar surface area (TPSA) is 27.1 Å². The molecule has 0 aliphatic rings. The smallest absolute Gasteiger partial charge is 0.127 e. The Kier molecular flexibility index (Phi) is 4.21. The van der Waals surface area contributed by atoms with Crippen molar-refractivity contribution in [1.29, 1.82) is 0 Å². The van der Waals surface area contributed by atoms with E-state index in [0.29, 0.717) is 0 Å². The van der Waals surface area contributed by atoms with Gasteiger partial charge in [-0.3, -0.25) is 0 Å². The molecule has 0 amide bonds. The Labute approximate surface area is 147 Å². The normalized spacial score (nSPS) is 10.9. The average Bonchev–Trinajstić information content (AvgIpc) is 3.02. The number of benzene rings is 3. The fourth-order valence-corrected chi connectivity index (χ4v) is 3.04. The first-order chi connectivity index (χ1) is 12.3. The minimum atomic E-state index is 0.815. The fourth-order valence-electron chi connectivity index (χ4n) is 3.04. The highest BCUT2D eigenvalue weighted by Gasteiger charge is 2.09. The lowest BCUT2D eigenvalue weighted by atomic mass is 10.2. The summed E-state index contributed by atoms with van der Waals surface area (Å²) in [4.78, 5) is 4.74. The number of rotatable bonds is 5. The number of aromatic nitrogens is 2. The summed E-state index contributed by atoms with van der Waals surface area (Å²) < 4.78 is 8.16. The van der Waals surface area contributed by atoms with Gasteiger partial charge in [-0.2, -0.15) is 0 Å². The molecule has 0 aliphatic heterocycles. The molecule has 3 heteroatoms. The molecular formula is C22H20N2O. The van der Waals surface area contributed by atoms with E-state index in [0.717, 1.165) is 35.8 Å². The molecule has 0 atom stereocenters. The molecule has 25 heavy (non-hydrogen) atoms. The Bertz CT molecular complexity index is 972. The molecule has 0 fully saturated rings. The molecular weight excluding hydrogens is 308 g/mol. The van der Waals surface area contributed by atoms with E-state index in [9.17, 15) is 0 Å². The predicted molar refractivity (Wildman–Crippen MR) is 101 cm³/mol. The number of ether oxygens (including phenoxy) is 1. The van der Waals surface area contributed by atoms with Crippen LogP contribution in [0.2, 0.25) is 0 Å². The van der Waals surface area contributed by atoms with Gasteiger partial charge in [0.15, 0.2) is 0 Å². The lowest BCUT2D eigenvalue weighted by Gasteiger charge is -2.10. The molecule has 0 saturated heterocycles. The molecule has 0 unspecified atom stereocenters. The van der Waals surface area contributed by atoms with Crippen LogP contribution >= 0.6 is 0 Å². The minimum absolute atomic E-state index is 0.815. The van der Waals surface area contributed by atoms with Gasteiger partial charge in [0.05, 0.1) is 11.0 Å². The number of imidazole rings is 1. The summed E-state index contributed by atoms with van der Waals surface area (Å²) in [6.07, 6.45) is 0.921. The molecule has 3 nitrogen and oxygen atoms in total. The SMILES string of the molecule is CCc1nc2ccccc2n1Cc1ccc(Oc2ccccc2)cc1. The molecule has 1 aromatic heterocycles. The van der Waals surface area contributed by atoms with Crippen LogP contribution in [0.3, 0.4) is 0 Å². The molecule has 124 valence electrons. The summed E-state index contributed by atoms with van der Waals surface area (Å²) in [7, 11) is 0. The van der Waals surface area contributed by atoms with Crippen LogP contribution in [-0.2, 0) is 13.0 Å². The summed E-state index contributed by atoms with van der Waals surface area (Å²) in [5.74, 6) is 2.82.